The van der Waals surface area contributed by atoms with E-state index < -0.39 is 26.6 Å². The molecule has 0 aromatic heterocycles. The molecule has 0 saturated heterocycles. The van der Waals surface area contributed by atoms with Crippen molar-refractivity contribution >= 4 is 13.7 Å². The highest BCUT2D eigenvalue weighted by molar-refractivity contribution is 7.45. The summed E-state index contributed by atoms with van der Waals surface area (Å²) in [6, 6.07) is -0.897. The molecule has 3 atom stereocenters. The number of aliphatic hydroxyl groups excluding tert-OH is 1. The van der Waals surface area contributed by atoms with E-state index in [2.05, 4.69) is 36.5 Å². The molecule has 0 radical (unpaired) electrons. The molecule has 34 heavy (non-hydrogen) atoms. The number of nitrogens with one attached hydrogen (secondary N) is 1. The summed E-state index contributed by atoms with van der Waals surface area (Å²) in [5.74, 6) is -0.255. The Labute approximate surface area is 206 Å². The first kappa shape index (κ1) is 32.7. The van der Waals surface area contributed by atoms with Crippen LogP contribution in [-0.4, -0.2) is 68.5 Å². The van der Waals surface area contributed by atoms with Crippen molar-refractivity contribution < 1.29 is 32.9 Å². The van der Waals surface area contributed by atoms with Crippen LogP contribution < -0.4 is 10.2 Å². The maximum atomic E-state index is 12.2. The third kappa shape index (κ3) is 20.1. The Morgan fingerprint density at radius 2 is 1.62 bits per heavy atom. The van der Waals surface area contributed by atoms with E-state index >= 15 is 0 Å². The van der Waals surface area contributed by atoms with Crippen molar-refractivity contribution in [3.63, 3.8) is 0 Å². The van der Waals surface area contributed by atoms with Gasteiger partial charge in [-0.2, -0.15) is 0 Å². The van der Waals surface area contributed by atoms with Gasteiger partial charge in [0.1, 0.15) is 13.2 Å². The third-order valence-corrected chi connectivity index (χ3v) is 5.81. The lowest BCUT2D eigenvalue weighted by molar-refractivity contribution is -0.870. The summed E-state index contributed by atoms with van der Waals surface area (Å²) < 4.78 is 22.5. The molecule has 0 aliphatic carbocycles. The van der Waals surface area contributed by atoms with E-state index in [1.54, 1.807) is 6.08 Å². The molecular weight excluding hydrogens is 455 g/mol. The van der Waals surface area contributed by atoms with E-state index in [0.717, 1.165) is 38.5 Å². The molecule has 0 fully saturated rings. The van der Waals surface area contributed by atoms with Crippen LogP contribution in [0.3, 0.4) is 0 Å². The maximum absolute atomic E-state index is 12.2. The zero-order chi connectivity index (χ0) is 25.9. The van der Waals surface area contributed by atoms with E-state index in [-0.39, 0.29) is 12.5 Å². The zero-order valence-corrected chi connectivity index (χ0v) is 22.7. The van der Waals surface area contributed by atoms with Crippen LogP contribution in [0.1, 0.15) is 65.2 Å². The van der Waals surface area contributed by atoms with Gasteiger partial charge < -0.3 is 28.8 Å². The molecule has 9 heteroatoms. The number of aliphatic hydroxyl groups is 1. The number of amides is 1. The van der Waals surface area contributed by atoms with Crippen LogP contribution >= 0.6 is 7.82 Å². The lowest BCUT2D eigenvalue weighted by Gasteiger charge is -2.29. The van der Waals surface area contributed by atoms with Crippen molar-refractivity contribution in [3.05, 3.63) is 36.5 Å². The Morgan fingerprint density at radius 3 is 2.18 bits per heavy atom. The van der Waals surface area contributed by atoms with Gasteiger partial charge in [0.05, 0.1) is 39.9 Å². The number of rotatable bonds is 20. The largest absolute Gasteiger partial charge is 0.756 e. The van der Waals surface area contributed by atoms with Crippen LogP contribution in [-0.2, 0) is 18.4 Å². The normalized spacial score (nSPS) is 16.3. The Hall–Kier alpha value is -1.28. The second kappa shape index (κ2) is 19.0. The van der Waals surface area contributed by atoms with Crippen molar-refractivity contribution in [2.45, 2.75) is 77.4 Å². The highest BCUT2D eigenvalue weighted by Gasteiger charge is 2.22. The van der Waals surface area contributed by atoms with Crippen LogP contribution in [0.15, 0.2) is 36.5 Å². The molecule has 0 aromatic carbocycles. The number of allylic oxidation sites excluding steroid dienone is 5. The Bertz CT molecular complexity index is 673. The topological polar surface area (TPSA) is 108 Å². The van der Waals surface area contributed by atoms with Crippen LogP contribution in [0.4, 0.5) is 0 Å². The fraction of sp³-hybridized carbons (Fsp3) is 0.720. The number of phosphoric acid groups is 1. The van der Waals surface area contributed by atoms with Crippen molar-refractivity contribution in [1.82, 2.24) is 5.32 Å². The number of hydrogen-bond donors (Lipinski definition) is 2. The van der Waals surface area contributed by atoms with Crippen LogP contribution in [0.25, 0.3) is 0 Å². The van der Waals surface area contributed by atoms with E-state index in [0.29, 0.717) is 23.9 Å². The number of hydrogen-bond acceptors (Lipinski definition) is 6. The second-order valence-electron chi connectivity index (χ2n) is 9.29. The summed E-state index contributed by atoms with van der Waals surface area (Å²) in [5.41, 5.74) is 0. The monoisotopic (exact) mass is 502 g/mol. The highest BCUT2D eigenvalue weighted by atomic mass is 31.2. The molecule has 0 spiro atoms. The van der Waals surface area contributed by atoms with Crippen molar-refractivity contribution in [1.29, 1.82) is 0 Å². The first-order valence-electron chi connectivity index (χ1n) is 12.4. The molecule has 3 unspecified atom stereocenters. The summed E-state index contributed by atoms with van der Waals surface area (Å²) in [4.78, 5) is 24.3. The molecule has 0 heterocycles. The van der Waals surface area contributed by atoms with E-state index in [1.807, 2.05) is 34.1 Å². The van der Waals surface area contributed by atoms with Gasteiger partial charge in [-0.05, 0) is 38.5 Å². The molecular formula is C25H47N2O6P. The van der Waals surface area contributed by atoms with Gasteiger partial charge in [-0.1, -0.05) is 56.7 Å². The number of unbranched alkanes of at least 4 members (excludes halogenated alkanes) is 3. The molecule has 0 aliphatic rings. The van der Waals surface area contributed by atoms with E-state index in [1.165, 1.54) is 0 Å². The molecule has 0 aromatic rings. The Morgan fingerprint density at radius 1 is 1.03 bits per heavy atom. The van der Waals surface area contributed by atoms with Crippen LogP contribution in [0, 0.1) is 0 Å². The van der Waals surface area contributed by atoms with Gasteiger partial charge in [-0.15, -0.1) is 0 Å². The number of carbonyl (C=O) groups is 1. The lowest BCUT2D eigenvalue weighted by atomic mass is 10.1. The first-order valence-corrected chi connectivity index (χ1v) is 13.8. The highest BCUT2D eigenvalue weighted by Crippen LogP contribution is 2.38. The molecule has 0 rings (SSSR count). The molecule has 2 N–H and O–H groups in total. The SMILES string of the molecule is CC/C=C/CC/C=C/CC/C=C/C(O)C(COP(=O)([O-])OCC[N+](C)(C)C)NC(=O)CCCC. The number of nitrogens with zero attached hydrogens (tertiary/aromatic N) is 1. The molecule has 0 bridgehead atoms. The summed E-state index contributed by atoms with van der Waals surface area (Å²) in [6.45, 7) is 4.16. The van der Waals surface area contributed by atoms with Crippen molar-refractivity contribution in [2.75, 3.05) is 40.9 Å². The quantitative estimate of drug-likeness (QED) is 0.113. The van der Waals surface area contributed by atoms with Gasteiger partial charge in [-0.3, -0.25) is 9.36 Å². The van der Waals surface area contributed by atoms with Gasteiger partial charge in [0.15, 0.2) is 0 Å². The predicted octanol–water partition coefficient (Wildman–Crippen LogP) is 3.87. The summed E-state index contributed by atoms with van der Waals surface area (Å²) in [5, 5.41) is 13.2. The third-order valence-electron chi connectivity index (χ3n) is 4.84. The lowest BCUT2D eigenvalue weighted by Crippen LogP contribution is -2.45. The smallest absolute Gasteiger partial charge is 0.268 e. The fourth-order valence-electron chi connectivity index (χ4n) is 2.75. The predicted molar refractivity (Wildman–Crippen MR) is 136 cm³/mol. The second-order valence-corrected chi connectivity index (χ2v) is 10.7. The average Bonchev–Trinajstić information content (AvgIpc) is 2.75. The van der Waals surface area contributed by atoms with Gasteiger partial charge in [0.25, 0.3) is 7.82 Å². The minimum absolute atomic E-state index is 0.0112. The Balaban J connectivity index is 4.73. The van der Waals surface area contributed by atoms with Gasteiger partial charge in [0.2, 0.25) is 5.91 Å². The summed E-state index contributed by atoms with van der Waals surface area (Å²) in [6.07, 6.45) is 17.4. The molecule has 0 aliphatic heterocycles. The molecule has 8 nitrogen and oxygen atoms in total. The number of phosphoric ester groups is 1. The minimum Gasteiger partial charge on any atom is -0.756 e. The van der Waals surface area contributed by atoms with Crippen LogP contribution in [0.5, 0.6) is 0 Å². The number of carbonyl (C=O) groups excluding carboxylic acids is 1. The molecule has 198 valence electrons. The van der Waals surface area contributed by atoms with Gasteiger partial charge in [-0.25, -0.2) is 0 Å². The van der Waals surface area contributed by atoms with Crippen molar-refractivity contribution in [2.24, 2.45) is 0 Å². The summed E-state index contributed by atoms with van der Waals surface area (Å²) in [7, 11) is 1.21. The maximum Gasteiger partial charge on any atom is 0.268 e. The molecule has 1 amide bonds. The first-order chi connectivity index (χ1) is 16.0. The minimum atomic E-state index is -4.55. The summed E-state index contributed by atoms with van der Waals surface area (Å²) >= 11 is 0. The Kier molecular flexibility index (Phi) is 18.3. The fourth-order valence-corrected chi connectivity index (χ4v) is 3.48. The van der Waals surface area contributed by atoms with E-state index in [9.17, 15) is 19.4 Å². The number of quaternary nitrogens is 1. The van der Waals surface area contributed by atoms with Gasteiger partial charge in [0, 0.05) is 6.42 Å². The van der Waals surface area contributed by atoms with Crippen molar-refractivity contribution in [3.8, 4) is 0 Å². The van der Waals surface area contributed by atoms with E-state index in [4.69, 9.17) is 9.05 Å². The number of likely N-dealkylation sites (N-methyl/N-ethyl adjacent to an activating group) is 1. The average molecular weight is 503 g/mol. The molecule has 0 saturated carbocycles. The van der Waals surface area contributed by atoms with Gasteiger partial charge >= 0.3 is 0 Å². The van der Waals surface area contributed by atoms with Crippen LogP contribution in [0.2, 0.25) is 0 Å². The zero-order valence-electron chi connectivity index (χ0n) is 21.8. The standard InChI is InChI=1S/C25H47N2O6P/c1-6-8-10-11-12-13-14-15-16-17-18-24(28)23(26-25(29)19-9-7-2)22-33-34(30,31)32-21-20-27(3,4)5/h8,10,13-14,17-18,23-24,28H,6-7,9,11-12,15-16,19-22H2,1-5H3,(H-,26,29,30,31)/b10-8+,14-13+,18-17+.